The Bertz CT molecular complexity index is 1130. The van der Waals surface area contributed by atoms with Crippen LogP contribution >= 0.6 is 11.3 Å². The first kappa shape index (κ1) is 20.8. The van der Waals surface area contributed by atoms with Gasteiger partial charge < -0.3 is 14.9 Å². The first-order chi connectivity index (χ1) is 14.2. The van der Waals surface area contributed by atoms with E-state index in [0.717, 1.165) is 41.5 Å². The van der Waals surface area contributed by atoms with Crippen molar-refractivity contribution in [1.82, 2.24) is 4.98 Å². The van der Waals surface area contributed by atoms with Crippen molar-refractivity contribution in [3.05, 3.63) is 46.0 Å². The summed E-state index contributed by atoms with van der Waals surface area (Å²) in [6.07, 6.45) is 3.03. The maximum Gasteiger partial charge on any atom is 0.337 e. The molecule has 30 heavy (non-hydrogen) atoms. The molecule has 2 aromatic heterocycles. The minimum atomic E-state index is -1.18. The van der Waals surface area contributed by atoms with Crippen LogP contribution in [-0.2, 0) is 22.4 Å². The molecule has 0 aliphatic heterocycles. The van der Waals surface area contributed by atoms with Crippen LogP contribution in [0.4, 0.5) is 0 Å². The van der Waals surface area contributed by atoms with E-state index in [0.29, 0.717) is 16.8 Å². The van der Waals surface area contributed by atoms with Gasteiger partial charge in [-0.25, -0.2) is 9.78 Å². The quantitative estimate of drug-likeness (QED) is 0.552. The third kappa shape index (κ3) is 3.70. The van der Waals surface area contributed by atoms with Gasteiger partial charge in [-0.15, -0.1) is 11.3 Å². The van der Waals surface area contributed by atoms with Crippen LogP contribution in [0.3, 0.4) is 0 Å². The van der Waals surface area contributed by atoms with Crippen LogP contribution in [0.1, 0.15) is 61.4 Å². The van der Waals surface area contributed by atoms with Crippen molar-refractivity contribution in [2.24, 2.45) is 0 Å². The van der Waals surface area contributed by atoms with Gasteiger partial charge in [0.2, 0.25) is 0 Å². The molecule has 0 unspecified atom stereocenters. The Balaban J connectivity index is 2.11. The highest BCUT2D eigenvalue weighted by molar-refractivity contribution is 7.19. The zero-order chi connectivity index (χ0) is 21.6. The van der Waals surface area contributed by atoms with Gasteiger partial charge in [-0.05, 0) is 65.0 Å². The van der Waals surface area contributed by atoms with E-state index >= 15 is 0 Å². The number of carbonyl (C=O) groups is 1. The van der Waals surface area contributed by atoms with Crippen LogP contribution in [0.15, 0.2) is 24.3 Å². The molecule has 2 heterocycles. The minimum Gasteiger partial charge on any atom is -0.507 e. The highest BCUT2D eigenvalue weighted by Gasteiger charge is 2.34. The molecule has 0 bridgehead atoms. The lowest BCUT2D eigenvalue weighted by atomic mass is 9.87. The van der Waals surface area contributed by atoms with Crippen LogP contribution in [0.25, 0.3) is 21.3 Å². The molecule has 4 rings (SSSR count). The molecule has 0 saturated carbocycles. The van der Waals surface area contributed by atoms with E-state index in [1.165, 1.54) is 10.4 Å². The second-order valence-electron chi connectivity index (χ2n) is 8.84. The van der Waals surface area contributed by atoms with Crippen LogP contribution < -0.4 is 0 Å². The van der Waals surface area contributed by atoms with Gasteiger partial charge in [0, 0.05) is 32.6 Å². The molecule has 1 aliphatic rings. The van der Waals surface area contributed by atoms with Crippen molar-refractivity contribution in [1.29, 1.82) is 0 Å². The monoisotopic (exact) mass is 425 g/mol. The third-order valence-electron chi connectivity index (χ3n) is 5.46. The molecule has 1 atom stereocenters. The molecule has 2 N–H and O–H groups in total. The fourth-order valence-corrected chi connectivity index (χ4v) is 5.61. The molecule has 158 valence electrons. The summed E-state index contributed by atoms with van der Waals surface area (Å²) in [5, 5.41) is 21.8. The zero-order valence-electron chi connectivity index (χ0n) is 17.8. The van der Waals surface area contributed by atoms with Gasteiger partial charge >= 0.3 is 5.97 Å². The number of thiophene rings is 1. The maximum absolute atomic E-state index is 12.3. The van der Waals surface area contributed by atoms with E-state index < -0.39 is 17.7 Å². The molecule has 3 aromatic rings. The normalized spacial score (nSPS) is 15.2. The number of benzene rings is 1. The fraction of sp³-hybridized carbons (Fsp3) is 0.417. The van der Waals surface area contributed by atoms with Crippen molar-refractivity contribution in [2.45, 2.75) is 65.1 Å². The van der Waals surface area contributed by atoms with Gasteiger partial charge in [0.25, 0.3) is 0 Å². The van der Waals surface area contributed by atoms with Crippen LogP contribution in [0, 0.1) is 6.92 Å². The van der Waals surface area contributed by atoms with Gasteiger partial charge in [0.05, 0.1) is 5.60 Å². The molecule has 0 spiro atoms. The number of para-hydroxylation sites is 1. The summed E-state index contributed by atoms with van der Waals surface area (Å²) in [5.74, 6) is -0.934. The number of hydrogen-bond donors (Lipinski definition) is 2. The first-order valence-electron chi connectivity index (χ1n) is 10.3. The molecule has 6 heteroatoms. The summed E-state index contributed by atoms with van der Waals surface area (Å²) in [4.78, 5) is 19.4. The molecule has 0 fully saturated rings. The Kier molecular flexibility index (Phi) is 5.32. The second kappa shape index (κ2) is 7.67. The Morgan fingerprint density at radius 1 is 1.20 bits per heavy atom. The lowest BCUT2D eigenvalue weighted by Crippen LogP contribution is -2.28. The minimum absolute atomic E-state index is 0.126. The summed E-state index contributed by atoms with van der Waals surface area (Å²) in [5.41, 5.74) is 3.10. The van der Waals surface area contributed by atoms with Gasteiger partial charge in [0.15, 0.2) is 6.10 Å². The predicted octanol–water partition coefficient (Wildman–Crippen LogP) is 5.80. The van der Waals surface area contributed by atoms with Gasteiger partial charge in [-0.2, -0.15) is 0 Å². The number of aryl methyl sites for hydroxylation is 3. The third-order valence-corrected chi connectivity index (χ3v) is 6.65. The van der Waals surface area contributed by atoms with Gasteiger partial charge in [-0.3, -0.25) is 0 Å². The number of rotatable bonds is 4. The molecule has 0 saturated heterocycles. The lowest BCUT2D eigenvalue weighted by molar-refractivity contribution is -0.160. The van der Waals surface area contributed by atoms with E-state index in [4.69, 9.17) is 9.72 Å². The summed E-state index contributed by atoms with van der Waals surface area (Å²) in [6.45, 7) is 7.36. The highest BCUT2D eigenvalue weighted by Crippen LogP contribution is 2.47. The zero-order valence-corrected chi connectivity index (χ0v) is 18.6. The van der Waals surface area contributed by atoms with E-state index in [2.05, 4.69) is 0 Å². The molecule has 0 amide bonds. The van der Waals surface area contributed by atoms with Gasteiger partial charge in [0.1, 0.15) is 10.6 Å². The van der Waals surface area contributed by atoms with Crippen LogP contribution in [0.2, 0.25) is 0 Å². The lowest BCUT2D eigenvalue weighted by Gasteiger charge is -2.28. The van der Waals surface area contributed by atoms with Gasteiger partial charge in [-0.1, -0.05) is 18.2 Å². The number of aromatic nitrogens is 1. The first-order valence-corrected chi connectivity index (χ1v) is 11.1. The van der Waals surface area contributed by atoms with Crippen molar-refractivity contribution >= 4 is 27.5 Å². The van der Waals surface area contributed by atoms with E-state index in [9.17, 15) is 15.0 Å². The number of phenolic OH excluding ortho intramolecular Hbond substituents is 1. The fourth-order valence-electron chi connectivity index (χ4n) is 4.29. The van der Waals surface area contributed by atoms with E-state index in [1.807, 2.05) is 39.8 Å². The molecular weight excluding hydrogens is 398 g/mol. The Labute approximate surface area is 180 Å². The van der Waals surface area contributed by atoms with Crippen molar-refractivity contribution in [3.63, 3.8) is 0 Å². The summed E-state index contributed by atoms with van der Waals surface area (Å²) < 4.78 is 6.02. The number of phenols is 1. The predicted molar refractivity (Wildman–Crippen MR) is 119 cm³/mol. The average molecular weight is 426 g/mol. The molecule has 1 aromatic carbocycles. The maximum atomic E-state index is 12.3. The smallest absolute Gasteiger partial charge is 0.337 e. The summed E-state index contributed by atoms with van der Waals surface area (Å²) in [6, 6.07) is 7.11. The second-order valence-corrected chi connectivity index (χ2v) is 9.93. The largest absolute Gasteiger partial charge is 0.507 e. The van der Waals surface area contributed by atoms with Crippen molar-refractivity contribution in [3.8, 4) is 16.9 Å². The average Bonchev–Trinajstić information content (AvgIpc) is 3.03. The van der Waals surface area contributed by atoms with Crippen LogP contribution in [0.5, 0.6) is 5.75 Å². The topological polar surface area (TPSA) is 79.7 Å². The number of ether oxygens (including phenoxy) is 1. The number of fused-ring (bicyclic) bond motifs is 3. The highest BCUT2D eigenvalue weighted by atomic mass is 32.1. The summed E-state index contributed by atoms with van der Waals surface area (Å²) in [7, 11) is 0. The SMILES string of the molecule is Cc1nc2sc3c(c2c(-c2ccccc2O)c1[C@H](OC(C)(C)C)C(=O)O)CCCC3. The molecule has 1 aliphatic carbocycles. The number of carboxylic acids is 1. The molecular formula is C24H27NO4S. The number of aromatic hydroxyl groups is 1. The van der Waals surface area contributed by atoms with Crippen LogP contribution in [-0.4, -0.2) is 26.8 Å². The van der Waals surface area contributed by atoms with Crippen molar-refractivity contribution in [2.75, 3.05) is 0 Å². The Hall–Kier alpha value is -2.44. The molecule has 0 radical (unpaired) electrons. The number of carboxylic acid groups (broad SMARTS) is 1. The standard InChI is InChI=1S/C24H27NO4S/c1-13-18(21(23(27)28)29-24(2,3)4)19(14-9-5-7-11-16(14)26)20-15-10-6-8-12-17(15)30-22(20)25-13/h5,7,9,11,21,26H,6,8,10,12H2,1-4H3,(H,27,28)/t21-/m0/s1. The number of aliphatic carboxylic acids is 1. The van der Waals surface area contributed by atoms with E-state index in [1.54, 1.807) is 23.5 Å². The van der Waals surface area contributed by atoms with E-state index in [-0.39, 0.29) is 5.75 Å². The van der Waals surface area contributed by atoms with Crippen molar-refractivity contribution < 1.29 is 19.7 Å². The number of pyridine rings is 1. The number of hydrogen-bond acceptors (Lipinski definition) is 5. The molecule has 5 nitrogen and oxygen atoms in total. The Morgan fingerprint density at radius 3 is 2.57 bits per heavy atom. The Morgan fingerprint density at radius 2 is 1.90 bits per heavy atom. The number of nitrogens with zero attached hydrogens (tertiary/aromatic N) is 1. The summed E-state index contributed by atoms with van der Waals surface area (Å²) >= 11 is 1.69.